The third-order valence-electron chi connectivity index (χ3n) is 10.2. The molecule has 0 bridgehead atoms. The summed E-state index contributed by atoms with van der Waals surface area (Å²) in [4.78, 5) is 0. The van der Waals surface area contributed by atoms with Gasteiger partial charge in [-0.1, -0.05) is 152 Å². The maximum Gasteiger partial charge on any atom is 0.0779 e. The Labute approximate surface area is 246 Å². The number of hydrogen-bond donors (Lipinski definition) is 3. The fourth-order valence-corrected chi connectivity index (χ4v) is 8.96. The van der Waals surface area contributed by atoms with Crippen molar-refractivity contribution in [2.45, 2.75) is 135 Å². The minimum atomic E-state index is -0.839. The molecule has 0 aliphatic heterocycles. The van der Waals surface area contributed by atoms with E-state index in [2.05, 4.69) is 102 Å². The molecule has 40 heavy (non-hydrogen) atoms. The van der Waals surface area contributed by atoms with Gasteiger partial charge in [0.15, 0.2) is 0 Å². The first-order chi connectivity index (χ1) is 19.2. The van der Waals surface area contributed by atoms with E-state index in [1.807, 2.05) is 0 Å². The quantitative estimate of drug-likeness (QED) is 0.195. The molecule has 0 saturated carbocycles. The second-order valence-electron chi connectivity index (χ2n) is 12.6. The molecule has 0 aromatic heterocycles. The summed E-state index contributed by atoms with van der Waals surface area (Å²) < 4.78 is 0. The van der Waals surface area contributed by atoms with Crippen LogP contribution in [0.3, 0.4) is 0 Å². The van der Waals surface area contributed by atoms with Gasteiger partial charge in [0.2, 0.25) is 0 Å². The normalized spacial score (nSPS) is 27.3. The molecule has 3 heteroatoms. The summed E-state index contributed by atoms with van der Waals surface area (Å²) in [6.45, 7) is 13.8. The van der Waals surface area contributed by atoms with Crippen molar-refractivity contribution in [3.05, 3.63) is 82.9 Å². The third-order valence-corrected chi connectivity index (χ3v) is 10.2. The van der Waals surface area contributed by atoms with Crippen LogP contribution in [0.25, 0.3) is 0 Å². The lowest BCUT2D eigenvalue weighted by Gasteiger charge is -2.70. The molecule has 3 rings (SSSR count). The smallest absolute Gasteiger partial charge is 0.0779 e. The minimum absolute atomic E-state index is 0.274. The lowest BCUT2D eigenvalue weighted by molar-refractivity contribution is -0.0442. The lowest BCUT2D eigenvalue weighted by atomic mass is 9.38. The molecule has 1 aliphatic rings. The van der Waals surface area contributed by atoms with Crippen molar-refractivity contribution in [1.29, 1.82) is 0 Å². The van der Waals surface area contributed by atoms with Gasteiger partial charge >= 0.3 is 0 Å². The Kier molecular flexibility index (Phi) is 11.3. The van der Waals surface area contributed by atoms with Crippen LogP contribution in [-0.2, 0) is 5.54 Å². The highest BCUT2D eigenvalue weighted by Crippen LogP contribution is 2.67. The van der Waals surface area contributed by atoms with Crippen molar-refractivity contribution in [3.63, 3.8) is 0 Å². The van der Waals surface area contributed by atoms with Gasteiger partial charge in [-0.2, -0.15) is 0 Å². The van der Waals surface area contributed by atoms with Crippen molar-refractivity contribution in [2.24, 2.45) is 28.5 Å². The molecule has 4 atom stereocenters. The highest BCUT2D eigenvalue weighted by atomic mass is 15.0. The van der Waals surface area contributed by atoms with Crippen molar-refractivity contribution < 1.29 is 0 Å². The third kappa shape index (κ3) is 5.01. The van der Waals surface area contributed by atoms with E-state index in [-0.39, 0.29) is 5.92 Å². The highest BCUT2D eigenvalue weighted by Gasteiger charge is 2.71. The standard InChI is InChI=1S/C37H59N3/c1-7-19-31-32(20-8-2)34(26-10-4,36(39,28-12-6)35(38,27-11-5)33(31)21-9-3)37(40,29-22-15-13-16-23-29)30-24-17-14-18-25-30/h13-18,22-25,33H,7-12,19-21,26-28,38-40H2,1-6H3. The summed E-state index contributed by atoms with van der Waals surface area (Å²) in [5.74, 6) is 0.274. The molecule has 0 saturated heterocycles. The summed E-state index contributed by atoms with van der Waals surface area (Å²) >= 11 is 0. The fourth-order valence-electron chi connectivity index (χ4n) is 8.96. The summed E-state index contributed by atoms with van der Waals surface area (Å²) in [5.41, 5.74) is 27.2. The maximum absolute atomic E-state index is 8.22. The molecular weight excluding hydrogens is 486 g/mol. The summed E-state index contributed by atoms with van der Waals surface area (Å²) in [6, 6.07) is 21.7. The zero-order valence-corrected chi connectivity index (χ0v) is 26.6. The fraction of sp³-hybridized carbons (Fsp3) is 0.622. The molecule has 4 unspecified atom stereocenters. The first-order valence-corrected chi connectivity index (χ1v) is 16.4. The number of hydrogen-bond acceptors (Lipinski definition) is 3. The molecule has 6 N–H and O–H groups in total. The first-order valence-electron chi connectivity index (χ1n) is 16.4. The predicted molar refractivity (Wildman–Crippen MR) is 174 cm³/mol. The summed E-state index contributed by atoms with van der Waals surface area (Å²) in [6.07, 6.45) is 12.1. The van der Waals surface area contributed by atoms with Crippen LogP contribution < -0.4 is 17.2 Å². The van der Waals surface area contributed by atoms with Gasteiger partial charge in [-0.25, -0.2) is 0 Å². The molecule has 3 nitrogen and oxygen atoms in total. The summed E-state index contributed by atoms with van der Waals surface area (Å²) in [5, 5.41) is 0. The SMILES string of the molecule is CCCC1=C(CCC)C(CCC)(C(N)(c2ccccc2)c2ccccc2)C(N)(CCC)C(N)(CCC)C1CCC. The second kappa shape index (κ2) is 13.8. The number of rotatable bonds is 15. The van der Waals surface area contributed by atoms with Crippen LogP contribution in [0.5, 0.6) is 0 Å². The van der Waals surface area contributed by atoms with Crippen LogP contribution in [0.2, 0.25) is 0 Å². The second-order valence-corrected chi connectivity index (χ2v) is 12.6. The largest absolute Gasteiger partial charge is 0.323 e. The molecule has 0 amide bonds. The Morgan fingerprint density at radius 3 is 1.55 bits per heavy atom. The molecule has 1 aliphatic carbocycles. The van der Waals surface area contributed by atoms with Crippen molar-refractivity contribution in [3.8, 4) is 0 Å². The zero-order chi connectivity index (χ0) is 29.4. The Hall–Kier alpha value is -1.94. The van der Waals surface area contributed by atoms with E-state index in [9.17, 15) is 0 Å². The molecule has 0 fully saturated rings. The topological polar surface area (TPSA) is 78.1 Å². The van der Waals surface area contributed by atoms with Crippen LogP contribution in [0.1, 0.15) is 130 Å². The lowest BCUT2D eigenvalue weighted by Crippen LogP contribution is -2.83. The molecule has 2 aromatic carbocycles. The monoisotopic (exact) mass is 545 g/mol. The van der Waals surface area contributed by atoms with Crippen LogP contribution in [0.15, 0.2) is 71.8 Å². The van der Waals surface area contributed by atoms with Crippen LogP contribution >= 0.6 is 0 Å². The molecular formula is C37H59N3. The van der Waals surface area contributed by atoms with E-state index in [4.69, 9.17) is 17.2 Å². The van der Waals surface area contributed by atoms with Crippen molar-refractivity contribution in [2.75, 3.05) is 0 Å². The van der Waals surface area contributed by atoms with E-state index in [0.29, 0.717) is 0 Å². The molecule has 2 aromatic rings. The van der Waals surface area contributed by atoms with E-state index in [1.54, 1.807) is 5.57 Å². The predicted octanol–water partition coefficient (Wildman–Crippen LogP) is 9.00. The van der Waals surface area contributed by atoms with E-state index in [0.717, 1.165) is 88.2 Å². The van der Waals surface area contributed by atoms with Crippen LogP contribution in [0.4, 0.5) is 0 Å². The van der Waals surface area contributed by atoms with Gasteiger partial charge in [0.25, 0.3) is 0 Å². The Balaban J connectivity index is 2.70. The average Bonchev–Trinajstić information content (AvgIpc) is 2.96. The van der Waals surface area contributed by atoms with Gasteiger partial charge in [0.05, 0.1) is 5.54 Å². The van der Waals surface area contributed by atoms with Gasteiger partial charge in [-0.05, 0) is 55.6 Å². The van der Waals surface area contributed by atoms with Gasteiger partial charge in [0.1, 0.15) is 0 Å². The Morgan fingerprint density at radius 1 is 0.625 bits per heavy atom. The summed E-state index contributed by atoms with van der Waals surface area (Å²) in [7, 11) is 0. The van der Waals surface area contributed by atoms with Gasteiger partial charge in [0, 0.05) is 16.5 Å². The van der Waals surface area contributed by atoms with E-state index >= 15 is 0 Å². The zero-order valence-electron chi connectivity index (χ0n) is 26.6. The van der Waals surface area contributed by atoms with Crippen LogP contribution in [0, 0.1) is 11.3 Å². The van der Waals surface area contributed by atoms with Crippen molar-refractivity contribution >= 4 is 0 Å². The molecule has 0 heterocycles. The number of nitrogens with two attached hydrogens (primary N) is 3. The van der Waals surface area contributed by atoms with Gasteiger partial charge < -0.3 is 17.2 Å². The highest BCUT2D eigenvalue weighted by molar-refractivity contribution is 5.53. The number of benzene rings is 2. The van der Waals surface area contributed by atoms with E-state index < -0.39 is 22.0 Å². The molecule has 222 valence electrons. The minimum Gasteiger partial charge on any atom is -0.323 e. The first kappa shape index (κ1) is 32.6. The van der Waals surface area contributed by atoms with Gasteiger partial charge in [-0.15, -0.1) is 0 Å². The van der Waals surface area contributed by atoms with Crippen molar-refractivity contribution in [1.82, 2.24) is 0 Å². The average molecular weight is 546 g/mol. The van der Waals surface area contributed by atoms with Crippen LogP contribution in [-0.4, -0.2) is 11.1 Å². The Morgan fingerprint density at radius 2 is 1.12 bits per heavy atom. The Bertz CT molecular complexity index is 1040. The molecule has 0 spiro atoms. The van der Waals surface area contributed by atoms with Gasteiger partial charge in [-0.3, -0.25) is 0 Å². The molecule has 0 radical (unpaired) electrons. The van der Waals surface area contributed by atoms with E-state index in [1.165, 1.54) is 5.57 Å². The maximum atomic E-state index is 8.22.